The van der Waals surface area contributed by atoms with Gasteiger partial charge in [-0.3, -0.25) is 9.69 Å². The number of hydrogen-bond acceptors (Lipinski definition) is 5. The molecule has 5 rings (SSSR count). The predicted molar refractivity (Wildman–Crippen MR) is 155 cm³/mol. The van der Waals surface area contributed by atoms with Gasteiger partial charge in [0.15, 0.2) is 5.65 Å². The zero-order valence-corrected chi connectivity index (χ0v) is 25.7. The Bertz CT molecular complexity index is 1350. The highest BCUT2D eigenvalue weighted by molar-refractivity contribution is 5.97. The SMILES string of the molecule is CC.CC.CCCc1c(C)nc2c3c(nn2c1C)CN(C(=O)c1ccc(F)cc1O[C@@H]1CCN(CC(C)(F)F)C1)C3. The largest absolute Gasteiger partial charge is 0.488 e. The van der Waals surface area contributed by atoms with Crippen molar-refractivity contribution in [1.82, 2.24) is 24.4 Å². The van der Waals surface area contributed by atoms with Crippen LogP contribution in [-0.4, -0.2) is 62.0 Å². The average Bonchev–Trinajstić information content (AvgIpc) is 3.63. The van der Waals surface area contributed by atoms with E-state index in [1.165, 1.54) is 23.8 Å². The lowest BCUT2D eigenvalue weighted by molar-refractivity contribution is -0.0105. The summed E-state index contributed by atoms with van der Waals surface area (Å²) in [6.45, 7) is 16.1. The zero-order chi connectivity index (χ0) is 30.5. The molecule has 2 aliphatic heterocycles. The lowest BCUT2D eigenvalue weighted by Gasteiger charge is -2.22. The molecule has 1 saturated heterocycles. The molecule has 0 radical (unpaired) electrons. The molecule has 0 unspecified atom stereocenters. The van der Waals surface area contributed by atoms with Gasteiger partial charge in [-0.15, -0.1) is 0 Å². The van der Waals surface area contributed by atoms with E-state index in [1.807, 2.05) is 46.1 Å². The number of carbonyl (C=O) groups excluding carboxylic acids is 1. The number of hydrogen-bond donors (Lipinski definition) is 0. The summed E-state index contributed by atoms with van der Waals surface area (Å²) in [4.78, 5) is 21.6. The molecule has 41 heavy (non-hydrogen) atoms. The summed E-state index contributed by atoms with van der Waals surface area (Å²) in [5.41, 5.74) is 5.96. The van der Waals surface area contributed by atoms with Crippen molar-refractivity contribution in [2.24, 2.45) is 0 Å². The maximum Gasteiger partial charge on any atom is 0.258 e. The van der Waals surface area contributed by atoms with Crippen LogP contribution in [0.25, 0.3) is 5.65 Å². The highest BCUT2D eigenvalue weighted by atomic mass is 19.3. The van der Waals surface area contributed by atoms with Crippen LogP contribution in [0.3, 0.4) is 0 Å². The van der Waals surface area contributed by atoms with Gasteiger partial charge in [-0.25, -0.2) is 22.7 Å². The highest BCUT2D eigenvalue weighted by Crippen LogP contribution is 2.32. The second-order valence-electron chi connectivity index (χ2n) is 10.3. The van der Waals surface area contributed by atoms with Gasteiger partial charge in [-0.1, -0.05) is 41.0 Å². The number of halogens is 3. The van der Waals surface area contributed by atoms with Crippen LogP contribution in [-0.2, 0) is 19.5 Å². The molecule has 3 aromatic rings. The third kappa shape index (κ3) is 7.20. The lowest BCUT2D eigenvalue weighted by atomic mass is 10.1. The molecule has 4 heterocycles. The summed E-state index contributed by atoms with van der Waals surface area (Å²) in [5.74, 6) is -3.49. The van der Waals surface area contributed by atoms with Gasteiger partial charge in [0.2, 0.25) is 0 Å². The Kier molecular flexibility index (Phi) is 10.8. The fourth-order valence-corrected chi connectivity index (χ4v) is 5.47. The van der Waals surface area contributed by atoms with E-state index in [1.54, 1.807) is 9.80 Å². The Labute approximate surface area is 241 Å². The van der Waals surface area contributed by atoms with Crippen LogP contribution in [0.2, 0.25) is 0 Å². The molecule has 1 amide bonds. The summed E-state index contributed by atoms with van der Waals surface area (Å²) in [7, 11) is 0. The molecule has 0 saturated carbocycles. The number of likely N-dealkylation sites (tertiary alicyclic amines) is 1. The quantitative estimate of drug-likeness (QED) is 0.312. The molecule has 2 aliphatic rings. The first-order valence-corrected chi connectivity index (χ1v) is 14.8. The molecule has 226 valence electrons. The molecule has 10 heteroatoms. The van der Waals surface area contributed by atoms with Gasteiger partial charge in [-0.2, -0.15) is 5.10 Å². The number of carbonyl (C=O) groups is 1. The number of benzene rings is 1. The topological polar surface area (TPSA) is 63.0 Å². The first kappa shape index (κ1) is 32.4. The zero-order valence-electron chi connectivity index (χ0n) is 25.7. The third-order valence-corrected chi connectivity index (χ3v) is 7.18. The Balaban J connectivity index is 0.00000111. The fourth-order valence-electron chi connectivity index (χ4n) is 5.47. The number of rotatable bonds is 7. The number of alkyl halides is 2. The fraction of sp³-hybridized carbons (Fsp3) is 0.581. The molecule has 1 fully saturated rings. The van der Waals surface area contributed by atoms with Crippen LogP contribution in [0.1, 0.15) is 93.0 Å². The van der Waals surface area contributed by atoms with E-state index in [2.05, 4.69) is 6.92 Å². The van der Waals surface area contributed by atoms with E-state index in [4.69, 9.17) is 14.8 Å². The van der Waals surface area contributed by atoms with Crippen molar-refractivity contribution in [1.29, 1.82) is 0 Å². The molecule has 0 bridgehead atoms. The van der Waals surface area contributed by atoms with E-state index in [9.17, 15) is 18.0 Å². The summed E-state index contributed by atoms with van der Waals surface area (Å²) in [6.07, 6.45) is 2.08. The minimum atomic E-state index is -2.80. The smallest absolute Gasteiger partial charge is 0.258 e. The minimum absolute atomic E-state index is 0.132. The van der Waals surface area contributed by atoms with Crippen molar-refractivity contribution in [2.45, 2.75) is 99.8 Å². The second-order valence-corrected chi connectivity index (χ2v) is 10.3. The Morgan fingerprint density at radius 1 is 1.15 bits per heavy atom. The summed E-state index contributed by atoms with van der Waals surface area (Å²) in [6, 6.07) is 3.85. The lowest BCUT2D eigenvalue weighted by Crippen LogP contribution is -2.34. The van der Waals surface area contributed by atoms with Gasteiger partial charge >= 0.3 is 0 Å². The van der Waals surface area contributed by atoms with Crippen molar-refractivity contribution in [2.75, 3.05) is 19.6 Å². The van der Waals surface area contributed by atoms with E-state index in [0.29, 0.717) is 32.6 Å². The number of aryl methyl sites for hydroxylation is 2. The van der Waals surface area contributed by atoms with Crippen LogP contribution in [0, 0.1) is 19.7 Å². The van der Waals surface area contributed by atoms with Gasteiger partial charge in [0, 0.05) is 43.0 Å². The monoisotopic (exact) mass is 575 g/mol. The Morgan fingerprint density at radius 2 is 1.85 bits per heavy atom. The van der Waals surface area contributed by atoms with Gasteiger partial charge in [0.1, 0.15) is 17.7 Å². The average molecular weight is 576 g/mol. The van der Waals surface area contributed by atoms with Gasteiger partial charge < -0.3 is 9.64 Å². The van der Waals surface area contributed by atoms with E-state index in [0.717, 1.165) is 48.1 Å². The van der Waals surface area contributed by atoms with Crippen molar-refractivity contribution in [3.8, 4) is 5.75 Å². The molecule has 1 atom stereocenters. The normalized spacial score (nSPS) is 16.7. The molecular formula is C31H44F3N5O2. The van der Waals surface area contributed by atoms with Crippen molar-refractivity contribution < 1.29 is 22.7 Å². The van der Waals surface area contributed by atoms with E-state index >= 15 is 0 Å². The number of ether oxygens (including phenoxy) is 1. The van der Waals surface area contributed by atoms with Gasteiger partial charge in [0.25, 0.3) is 11.8 Å². The standard InChI is InChI=1S/C27H32F3N5O2.2C2H6/c1-5-6-20-16(2)31-25-22-13-34(14-23(22)32-35(25)17(20)3)26(36)21-8-7-18(28)11-24(21)37-19-9-10-33(12-19)15-27(4,29)30;2*1-2/h7-8,11,19H,5-6,9-10,12-15H2,1-4H3;2*1-2H3/t19-;;/m1../s1. The predicted octanol–water partition coefficient (Wildman–Crippen LogP) is 6.75. The van der Waals surface area contributed by atoms with Gasteiger partial charge in [-0.05, 0) is 44.4 Å². The number of amides is 1. The third-order valence-electron chi connectivity index (χ3n) is 7.18. The number of aromatic nitrogens is 3. The molecular weight excluding hydrogens is 531 g/mol. The minimum Gasteiger partial charge on any atom is -0.488 e. The Hall–Kier alpha value is -3.14. The van der Waals surface area contributed by atoms with Crippen LogP contribution >= 0.6 is 0 Å². The van der Waals surface area contributed by atoms with Crippen LogP contribution in [0.15, 0.2) is 18.2 Å². The van der Waals surface area contributed by atoms with Crippen molar-refractivity contribution >= 4 is 11.6 Å². The molecule has 1 aromatic carbocycles. The molecule has 0 spiro atoms. The maximum atomic E-state index is 14.1. The van der Waals surface area contributed by atoms with E-state index < -0.39 is 17.8 Å². The molecule has 2 aromatic heterocycles. The summed E-state index contributed by atoms with van der Waals surface area (Å²) >= 11 is 0. The molecule has 7 nitrogen and oxygen atoms in total. The van der Waals surface area contributed by atoms with Crippen LogP contribution in [0.4, 0.5) is 13.2 Å². The number of nitrogens with zero attached hydrogens (tertiary/aromatic N) is 5. The van der Waals surface area contributed by atoms with Crippen molar-refractivity contribution in [3.05, 3.63) is 57.8 Å². The van der Waals surface area contributed by atoms with Gasteiger partial charge in [0.05, 0.1) is 30.9 Å². The second kappa shape index (κ2) is 13.7. The summed E-state index contributed by atoms with van der Waals surface area (Å²) in [5, 5.41) is 4.76. The number of fused-ring (bicyclic) bond motifs is 3. The Morgan fingerprint density at radius 3 is 2.51 bits per heavy atom. The summed E-state index contributed by atoms with van der Waals surface area (Å²) < 4.78 is 48.8. The molecule has 0 aliphatic carbocycles. The van der Waals surface area contributed by atoms with Crippen molar-refractivity contribution in [3.63, 3.8) is 0 Å². The first-order chi connectivity index (χ1) is 19.5. The van der Waals surface area contributed by atoms with E-state index in [-0.39, 0.29) is 23.8 Å². The molecule has 0 N–H and O–H groups in total. The maximum absolute atomic E-state index is 14.1. The van der Waals surface area contributed by atoms with Crippen LogP contribution < -0.4 is 4.74 Å². The highest BCUT2D eigenvalue weighted by Gasteiger charge is 2.34. The van der Waals surface area contributed by atoms with Crippen LogP contribution in [0.5, 0.6) is 5.75 Å². The first-order valence-electron chi connectivity index (χ1n) is 14.8.